The van der Waals surface area contributed by atoms with Gasteiger partial charge >= 0.3 is 0 Å². The predicted octanol–water partition coefficient (Wildman–Crippen LogP) is 2.80. The van der Waals surface area contributed by atoms with Crippen molar-refractivity contribution in [2.24, 2.45) is 0 Å². The summed E-state index contributed by atoms with van der Waals surface area (Å²) in [6.07, 6.45) is 3.23. The molecular weight excluding hydrogens is 374 g/mol. The Morgan fingerprint density at radius 3 is 2.39 bits per heavy atom. The van der Waals surface area contributed by atoms with Gasteiger partial charge in [-0.3, -0.25) is 9.78 Å². The number of nitrogens with zero attached hydrogens (tertiary/aromatic N) is 1. The fourth-order valence-corrected chi connectivity index (χ4v) is 3.65. The summed E-state index contributed by atoms with van der Waals surface area (Å²) in [5.41, 5.74) is 3.30. The number of hydrogen-bond acceptors (Lipinski definition) is 4. The number of sulfonamides is 1. The number of carbonyl (C=O) groups is 1. The standard InChI is InChI=1S/C21H21N3O3S/c1-16-5-2-3-7-19(16)15-23-21(25)18-8-10-20(11-9-18)28(26,27)24-14-17-6-4-12-22-13-17/h2-13,24H,14-15H2,1H3,(H,23,25). The molecule has 1 amide bonds. The quantitative estimate of drug-likeness (QED) is 0.644. The van der Waals surface area contributed by atoms with Crippen molar-refractivity contribution in [3.63, 3.8) is 0 Å². The van der Waals surface area contributed by atoms with Crippen molar-refractivity contribution in [1.29, 1.82) is 0 Å². The first-order valence-electron chi connectivity index (χ1n) is 8.77. The first kappa shape index (κ1) is 19.7. The van der Waals surface area contributed by atoms with Crippen LogP contribution in [0.15, 0.2) is 78.0 Å². The third-order valence-corrected chi connectivity index (χ3v) is 5.73. The Kier molecular flexibility index (Phi) is 6.18. The Morgan fingerprint density at radius 2 is 1.71 bits per heavy atom. The SMILES string of the molecule is Cc1ccccc1CNC(=O)c1ccc(S(=O)(=O)NCc2cccnc2)cc1. The van der Waals surface area contributed by atoms with Crippen LogP contribution in [0, 0.1) is 6.92 Å². The predicted molar refractivity (Wildman–Crippen MR) is 107 cm³/mol. The molecule has 1 aromatic heterocycles. The smallest absolute Gasteiger partial charge is 0.251 e. The van der Waals surface area contributed by atoms with Gasteiger partial charge in [0.1, 0.15) is 0 Å². The Hall–Kier alpha value is -3.03. The van der Waals surface area contributed by atoms with Crippen molar-refractivity contribution in [3.05, 3.63) is 95.3 Å². The van der Waals surface area contributed by atoms with Gasteiger partial charge in [-0.15, -0.1) is 0 Å². The van der Waals surface area contributed by atoms with Gasteiger partial charge in [0.05, 0.1) is 4.90 Å². The molecule has 2 aromatic carbocycles. The van der Waals surface area contributed by atoms with Crippen molar-refractivity contribution >= 4 is 15.9 Å². The molecule has 0 spiro atoms. The lowest BCUT2D eigenvalue weighted by molar-refractivity contribution is 0.0951. The van der Waals surface area contributed by atoms with Crippen LogP contribution in [0.3, 0.4) is 0 Å². The lowest BCUT2D eigenvalue weighted by Crippen LogP contribution is -2.24. The molecule has 0 radical (unpaired) electrons. The first-order chi connectivity index (χ1) is 13.5. The van der Waals surface area contributed by atoms with E-state index in [0.717, 1.165) is 16.7 Å². The van der Waals surface area contributed by atoms with E-state index in [4.69, 9.17) is 0 Å². The van der Waals surface area contributed by atoms with Gasteiger partial charge in [0.15, 0.2) is 0 Å². The van der Waals surface area contributed by atoms with Crippen molar-refractivity contribution < 1.29 is 13.2 Å². The van der Waals surface area contributed by atoms with Crippen LogP contribution in [-0.4, -0.2) is 19.3 Å². The van der Waals surface area contributed by atoms with E-state index in [2.05, 4.69) is 15.0 Å². The Balaban J connectivity index is 1.62. The molecule has 144 valence electrons. The van der Waals surface area contributed by atoms with Crippen LogP contribution < -0.4 is 10.0 Å². The molecular formula is C21H21N3O3S. The van der Waals surface area contributed by atoms with Crippen LogP contribution in [0.2, 0.25) is 0 Å². The van der Waals surface area contributed by atoms with E-state index in [0.29, 0.717) is 12.1 Å². The highest BCUT2D eigenvalue weighted by Crippen LogP contribution is 2.12. The number of hydrogen-bond donors (Lipinski definition) is 2. The van der Waals surface area contributed by atoms with Gasteiger partial charge in [0.25, 0.3) is 5.91 Å². The van der Waals surface area contributed by atoms with Gasteiger partial charge in [-0.1, -0.05) is 30.3 Å². The molecule has 6 nitrogen and oxygen atoms in total. The maximum absolute atomic E-state index is 12.4. The monoisotopic (exact) mass is 395 g/mol. The minimum Gasteiger partial charge on any atom is -0.348 e. The average molecular weight is 395 g/mol. The van der Waals surface area contributed by atoms with Crippen molar-refractivity contribution in [2.75, 3.05) is 0 Å². The highest BCUT2D eigenvalue weighted by molar-refractivity contribution is 7.89. The number of pyridine rings is 1. The second-order valence-electron chi connectivity index (χ2n) is 6.32. The summed E-state index contributed by atoms with van der Waals surface area (Å²) in [6.45, 7) is 2.55. The molecule has 28 heavy (non-hydrogen) atoms. The van der Waals surface area contributed by atoms with Crippen LogP contribution in [0.5, 0.6) is 0 Å². The van der Waals surface area contributed by atoms with Crippen LogP contribution in [0.4, 0.5) is 0 Å². The van der Waals surface area contributed by atoms with Gasteiger partial charge in [-0.2, -0.15) is 0 Å². The zero-order chi connectivity index (χ0) is 20.0. The zero-order valence-electron chi connectivity index (χ0n) is 15.4. The molecule has 0 saturated heterocycles. The summed E-state index contributed by atoms with van der Waals surface area (Å²) in [5.74, 6) is -0.254. The minimum atomic E-state index is -3.67. The highest BCUT2D eigenvalue weighted by atomic mass is 32.2. The summed E-state index contributed by atoms with van der Waals surface area (Å²) >= 11 is 0. The lowest BCUT2D eigenvalue weighted by atomic mass is 10.1. The Labute approximate surface area is 164 Å². The minimum absolute atomic E-state index is 0.104. The summed E-state index contributed by atoms with van der Waals surface area (Å²) in [5, 5.41) is 2.85. The van der Waals surface area contributed by atoms with Gasteiger partial charge in [-0.25, -0.2) is 13.1 Å². The second kappa shape index (κ2) is 8.77. The molecule has 0 unspecified atom stereocenters. The number of amides is 1. The molecule has 7 heteroatoms. The van der Waals surface area contributed by atoms with Gasteiger partial charge in [-0.05, 0) is 53.9 Å². The largest absolute Gasteiger partial charge is 0.348 e. The van der Waals surface area contributed by atoms with E-state index in [1.165, 1.54) is 24.3 Å². The fraction of sp³-hybridized carbons (Fsp3) is 0.143. The van der Waals surface area contributed by atoms with E-state index in [1.807, 2.05) is 31.2 Å². The zero-order valence-corrected chi connectivity index (χ0v) is 16.2. The molecule has 3 aromatic rings. The molecule has 0 aliphatic carbocycles. The molecule has 0 aliphatic heterocycles. The molecule has 0 fully saturated rings. The van der Waals surface area contributed by atoms with Gasteiger partial charge in [0, 0.05) is 31.0 Å². The maximum atomic E-state index is 12.4. The second-order valence-corrected chi connectivity index (χ2v) is 8.09. The summed E-state index contributed by atoms with van der Waals surface area (Å²) in [6, 6.07) is 17.2. The molecule has 3 rings (SSSR count). The molecule has 0 saturated carbocycles. The molecule has 0 atom stereocenters. The summed E-state index contributed by atoms with van der Waals surface area (Å²) in [7, 11) is -3.67. The van der Waals surface area contributed by atoms with Crippen LogP contribution in [0.1, 0.15) is 27.0 Å². The maximum Gasteiger partial charge on any atom is 0.251 e. The third-order valence-electron chi connectivity index (χ3n) is 4.32. The lowest BCUT2D eigenvalue weighted by Gasteiger charge is -2.09. The highest BCUT2D eigenvalue weighted by Gasteiger charge is 2.15. The summed E-state index contributed by atoms with van der Waals surface area (Å²) in [4.78, 5) is 16.4. The number of carbonyl (C=O) groups excluding carboxylic acids is 1. The van der Waals surface area contributed by atoms with Crippen molar-refractivity contribution in [2.45, 2.75) is 24.9 Å². The van der Waals surface area contributed by atoms with Gasteiger partial charge < -0.3 is 5.32 Å². The van der Waals surface area contributed by atoms with Crippen LogP contribution in [0.25, 0.3) is 0 Å². The average Bonchev–Trinajstić information content (AvgIpc) is 2.72. The fourth-order valence-electron chi connectivity index (χ4n) is 2.64. The topological polar surface area (TPSA) is 88.2 Å². The Morgan fingerprint density at radius 1 is 0.964 bits per heavy atom. The van der Waals surface area contributed by atoms with E-state index in [1.54, 1.807) is 24.5 Å². The summed E-state index contributed by atoms with van der Waals surface area (Å²) < 4.78 is 27.3. The van der Waals surface area contributed by atoms with Crippen molar-refractivity contribution in [1.82, 2.24) is 15.0 Å². The third kappa shape index (κ3) is 5.03. The van der Waals surface area contributed by atoms with E-state index >= 15 is 0 Å². The molecule has 1 heterocycles. The number of aromatic nitrogens is 1. The molecule has 0 bridgehead atoms. The number of aryl methyl sites for hydroxylation is 1. The van der Waals surface area contributed by atoms with E-state index in [9.17, 15) is 13.2 Å². The van der Waals surface area contributed by atoms with E-state index in [-0.39, 0.29) is 17.3 Å². The number of rotatable bonds is 7. The Bertz CT molecular complexity index is 1050. The molecule has 0 aliphatic rings. The molecule has 2 N–H and O–H groups in total. The van der Waals surface area contributed by atoms with Gasteiger partial charge in [0.2, 0.25) is 10.0 Å². The van der Waals surface area contributed by atoms with E-state index < -0.39 is 10.0 Å². The van der Waals surface area contributed by atoms with Crippen LogP contribution in [-0.2, 0) is 23.1 Å². The van der Waals surface area contributed by atoms with Crippen LogP contribution >= 0.6 is 0 Å². The normalized spacial score (nSPS) is 11.2. The van der Waals surface area contributed by atoms with Crippen molar-refractivity contribution in [3.8, 4) is 0 Å². The number of benzene rings is 2. The first-order valence-corrected chi connectivity index (χ1v) is 10.3. The number of nitrogens with one attached hydrogen (secondary N) is 2.